The summed E-state index contributed by atoms with van der Waals surface area (Å²) in [6.07, 6.45) is 0. The van der Waals surface area contributed by atoms with E-state index >= 15 is 0 Å². The summed E-state index contributed by atoms with van der Waals surface area (Å²) in [5.74, 6) is 1.75. The molecule has 0 aliphatic carbocycles. The van der Waals surface area contributed by atoms with Crippen molar-refractivity contribution in [3.63, 3.8) is 0 Å². The Kier molecular flexibility index (Phi) is 6.82. The minimum absolute atomic E-state index is 0.543. The Morgan fingerprint density at radius 2 is 1.10 bits per heavy atom. The van der Waals surface area contributed by atoms with E-state index in [1.807, 2.05) is 12.1 Å². The van der Waals surface area contributed by atoms with E-state index in [1.165, 1.54) is 36.3 Å². The fourth-order valence-corrected chi connectivity index (χ4v) is 10.3. The number of rotatable bonds is 4. The molecule has 0 unspecified atom stereocenters. The predicted octanol–water partition coefficient (Wildman–Crippen LogP) is 14.5. The molecule has 0 N–H and O–H groups in total. The first kappa shape index (κ1) is 32.4. The standard InChI is InChI=1S/C53H30N4OS/c1-2-13-32-28-35(25-24-31(32)12-1)51-54-52(40-19-11-23-47-48(40)39-18-7-10-22-46(39)59-47)56-53(55-51)49-43(27-26-38-37-17-6-9-21-45(37)58-50(38)49)57-42-20-8-5-16-36(42)41-29-33-14-3-4-15-34(33)30-44(41)57/h1-30H. The number of benzene rings is 9. The van der Waals surface area contributed by atoms with Crippen molar-refractivity contribution in [2.24, 2.45) is 0 Å². The van der Waals surface area contributed by atoms with E-state index in [0.29, 0.717) is 17.5 Å². The lowest BCUT2D eigenvalue weighted by atomic mass is 10.0. The van der Waals surface area contributed by atoms with Crippen molar-refractivity contribution in [2.45, 2.75) is 0 Å². The molecule has 6 heteroatoms. The van der Waals surface area contributed by atoms with Gasteiger partial charge in [-0.15, -0.1) is 11.3 Å². The van der Waals surface area contributed by atoms with Crippen LogP contribution in [0, 0.1) is 0 Å². The molecule has 4 aromatic heterocycles. The minimum atomic E-state index is 0.543. The number of fused-ring (bicyclic) bond motifs is 11. The maximum Gasteiger partial charge on any atom is 0.170 e. The first-order chi connectivity index (χ1) is 29.2. The zero-order chi connectivity index (χ0) is 38.6. The topological polar surface area (TPSA) is 56.7 Å². The Hall–Kier alpha value is -7.67. The lowest BCUT2D eigenvalue weighted by molar-refractivity contribution is 0.669. The van der Waals surface area contributed by atoms with Gasteiger partial charge >= 0.3 is 0 Å². The second-order valence-corrected chi connectivity index (χ2v) is 16.2. The molecule has 0 radical (unpaired) electrons. The van der Waals surface area contributed by atoms with Gasteiger partial charge in [0.2, 0.25) is 0 Å². The molecule has 0 fully saturated rings. The van der Waals surface area contributed by atoms with Crippen LogP contribution in [0.3, 0.4) is 0 Å². The van der Waals surface area contributed by atoms with E-state index < -0.39 is 0 Å². The van der Waals surface area contributed by atoms with Gasteiger partial charge in [-0.05, 0) is 76.1 Å². The molecule has 0 saturated carbocycles. The fraction of sp³-hybridized carbons (Fsp3) is 0. The average Bonchev–Trinajstić information content (AvgIpc) is 3.97. The van der Waals surface area contributed by atoms with Gasteiger partial charge in [0.05, 0.1) is 22.3 Å². The largest absolute Gasteiger partial charge is 0.455 e. The summed E-state index contributed by atoms with van der Waals surface area (Å²) in [7, 11) is 0. The lowest BCUT2D eigenvalue weighted by Crippen LogP contribution is -2.04. The highest BCUT2D eigenvalue weighted by Gasteiger charge is 2.25. The molecule has 0 atom stereocenters. The van der Waals surface area contributed by atoms with Gasteiger partial charge in [-0.2, -0.15) is 0 Å². The van der Waals surface area contributed by atoms with Crippen LogP contribution in [0.4, 0.5) is 0 Å². The summed E-state index contributed by atoms with van der Waals surface area (Å²) in [5.41, 5.74) is 7.35. The third-order valence-electron chi connectivity index (χ3n) is 11.8. The molecule has 0 aliphatic heterocycles. The van der Waals surface area contributed by atoms with Gasteiger partial charge in [0, 0.05) is 52.8 Å². The zero-order valence-electron chi connectivity index (χ0n) is 31.4. The molecule has 13 rings (SSSR count). The molecule has 274 valence electrons. The van der Waals surface area contributed by atoms with Crippen molar-refractivity contribution in [1.82, 2.24) is 19.5 Å². The van der Waals surface area contributed by atoms with E-state index in [9.17, 15) is 0 Å². The zero-order valence-corrected chi connectivity index (χ0v) is 32.2. The van der Waals surface area contributed by atoms with Crippen LogP contribution in [-0.2, 0) is 0 Å². The van der Waals surface area contributed by atoms with Crippen LogP contribution < -0.4 is 0 Å². The normalized spacial score (nSPS) is 12.1. The second kappa shape index (κ2) is 12.4. The molecule has 0 amide bonds. The number of hydrogen-bond acceptors (Lipinski definition) is 5. The Morgan fingerprint density at radius 1 is 0.424 bits per heavy atom. The monoisotopic (exact) mass is 770 g/mol. The maximum absolute atomic E-state index is 6.92. The number of nitrogens with zero attached hydrogens (tertiary/aromatic N) is 4. The Balaban J connectivity index is 1.18. The molecule has 59 heavy (non-hydrogen) atoms. The number of furan rings is 1. The highest BCUT2D eigenvalue weighted by atomic mass is 32.1. The van der Waals surface area contributed by atoms with Crippen LogP contribution in [0.15, 0.2) is 186 Å². The van der Waals surface area contributed by atoms with E-state index in [0.717, 1.165) is 71.5 Å². The third kappa shape index (κ3) is 4.87. The molecule has 5 nitrogen and oxygen atoms in total. The highest BCUT2D eigenvalue weighted by molar-refractivity contribution is 7.25. The van der Waals surface area contributed by atoms with Gasteiger partial charge in [-0.3, -0.25) is 0 Å². The number of aromatic nitrogens is 4. The van der Waals surface area contributed by atoms with E-state index in [2.05, 4.69) is 174 Å². The highest BCUT2D eigenvalue weighted by Crippen LogP contribution is 2.44. The predicted molar refractivity (Wildman–Crippen MR) is 246 cm³/mol. The second-order valence-electron chi connectivity index (χ2n) is 15.1. The number of hydrogen-bond donors (Lipinski definition) is 0. The van der Waals surface area contributed by atoms with Crippen LogP contribution >= 0.6 is 11.3 Å². The van der Waals surface area contributed by atoms with Gasteiger partial charge in [-0.25, -0.2) is 15.0 Å². The smallest absolute Gasteiger partial charge is 0.170 e. The molecule has 0 aliphatic rings. The summed E-state index contributed by atoms with van der Waals surface area (Å²) < 4.78 is 11.7. The number of para-hydroxylation sites is 2. The summed E-state index contributed by atoms with van der Waals surface area (Å²) in [4.78, 5) is 16.3. The van der Waals surface area contributed by atoms with Gasteiger partial charge in [0.1, 0.15) is 11.2 Å². The van der Waals surface area contributed by atoms with Crippen LogP contribution in [0.25, 0.3) is 125 Å². The van der Waals surface area contributed by atoms with Crippen molar-refractivity contribution in [2.75, 3.05) is 0 Å². The molecule has 13 aromatic rings. The van der Waals surface area contributed by atoms with Crippen molar-refractivity contribution in [1.29, 1.82) is 0 Å². The SMILES string of the molecule is c1ccc2cc(-c3nc(-c4c(-n5c6ccccc6c6cc7ccccc7cc65)ccc5c4oc4ccccc45)nc(-c4cccc5sc6ccccc6c45)n3)ccc2c1. The molecular weight excluding hydrogens is 741 g/mol. The Morgan fingerprint density at radius 3 is 1.98 bits per heavy atom. The van der Waals surface area contributed by atoms with Gasteiger partial charge in [-0.1, -0.05) is 127 Å². The Bertz CT molecular complexity index is 3870. The van der Waals surface area contributed by atoms with Crippen molar-refractivity contribution in [3.8, 4) is 39.9 Å². The molecule has 4 heterocycles. The molecular formula is C53H30N4OS. The first-order valence-corrected chi connectivity index (χ1v) is 20.6. The van der Waals surface area contributed by atoms with Crippen LogP contribution in [0.1, 0.15) is 0 Å². The minimum Gasteiger partial charge on any atom is -0.455 e. The average molecular weight is 771 g/mol. The number of thiophene rings is 1. The molecule has 0 spiro atoms. The van der Waals surface area contributed by atoms with E-state index in [-0.39, 0.29) is 0 Å². The van der Waals surface area contributed by atoms with Crippen LogP contribution in [-0.4, -0.2) is 19.5 Å². The summed E-state index contributed by atoms with van der Waals surface area (Å²) in [6.45, 7) is 0. The molecule has 0 bridgehead atoms. The molecule has 9 aromatic carbocycles. The van der Waals surface area contributed by atoms with Crippen molar-refractivity contribution < 1.29 is 4.42 Å². The fourth-order valence-electron chi connectivity index (χ4n) is 9.12. The van der Waals surface area contributed by atoms with E-state index in [4.69, 9.17) is 19.4 Å². The molecule has 0 saturated heterocycles. The Labute approximate surface area is 341 Å². The van der Waals surface area contributed by atoms with Gasteiger partial charge in [0.25, 0.3) is 0 Å². The van der Waals surface area contributed by atoms with Crippen molar-refractivity contribution in [3.05, 3.63) is 182 Å². The summed E-state index contributed by atoms with van der Waals surface area (Å²) in [5, 5.41) is 11.4. The van der Waals surface area contributed by atoms with Gasteiger partial charge in [0.15, 0.2) is 17.5 Å². The van der Waals surface area contributed by atoms with Crippen LogP contribution in [0.5, 0.6) is 0 Å². The third-order valence-corrected chi connectivity index (χ3v) is 13.0. The maximum atomic E-state index is 6.92. The van der Waals surface area contributed by atoms with E-state index in [1.54, 1.807) is 11.3 Å². The van der Waals surface area contributed by atoms with Crippen LogP contribution in [0.2, 0.25) is 0 Å². The summed E-state index contributed by atoms with van der Waals surface area (Å²) in [6, 6.07) is 64.4. The quantitative estimate of drug-likeness (QED) is 0.179. The lowest BCUT2D eigenvalue weighted by Gasteiger charge is -2.16. The first-order valence-electron chi connectivity index (χ1n) is 19.8. The van der Waals surface area contributed by atoms with Crippen molar-refractivity contribution >= 4 is 96.8 Å². The van der Waals surface area contributed by atoms with Gasteiger partial charge < -0.3 is 8.98 Å². The summed E-state index contributed by atoms with van der Waals surface area (Å²) >= 11 is 1.79.